The van der Waals surface area contributed by atoms with Crippen LogP contribution < -0.4 is 16.0 Å². The first-order valence-electron chi connectivity index (χ1n) is 7.07. The number of carbonyl (C=O) groups excluding carboxylic acids is 2. The molecule has 5 nitrogen and oxygen atoms in total. The van der Waals surface area contributed by atoms with E-state index in [1.165, 1.54) is 0 Å². The molecule has 0 aliphatic rings. The quantitative estimate of drug-likeness (QED) is 0.750. The van der Waals surface area contributed by atoms with E-state index in [-0.39, 0.29) is 18.4 Å². The van der Waals surface area contributed by atoms with E-state index in [1.807, 2.05) is 0 Å². The average molecular weight is 331 g/mol. The average Bonchev–Trinajstić information content (AvgIpc) is 2.44. The second-order valence-corrected chi connectivity index (χ2v) is 5.42. The number of carbonyl (C=O) groups is 2. The number of alkyl halides is 3. The number of benzene rings is 1. The highest BCUT2D eigenvalue weighted by Crippen LogP contribution is 2.20. The van der Waals surface area contributed by atoms with E-state index in [0.717, 1.165) is 5.56 Å². The van der Waals surface area contributed by atoms with Crippen LogP contribution in [-0.4, -0.2) is 31.1 Å². The van der Waals surface area contributed by atoms with Crippen molar-refractivity contribution < 1.29 is 22.8 Å². The van der Waals surface area contributed by atoms with Crippen molar-refractivity contribution in [2.45, 2.75) is 26.9 Å². The van der Waals surface area contributed by atoms with Crippen molar-refractivity contribution >= 4 is 23.2 Å². The van der Waals surface area contributed by atoms with Crippen molar-refractivity contribution in [3.63, 3.8) is 0 Å². The Kier molecular flexibility index (Phi) is 6.41. The Morgan fingerprint density at radius 2 is 1.87 bits per heavy atom. The number of halogens is 3. The number of aryl methyl sites for hydroxylation is 1. The van der Waals surface area contributed by atoms with Gasteiger partial charge < -0.3 is 16.0 Å². The molecular weight excluding hydrogens is 311 g/mol. The third-order valence-electron chi connectivity index (χ3n) is 2.95. The predicted octanol–water partition coefficient (Wildman–Crippen LogP) is 2.68. The first-order valence-corrected chi connectivity index (χ1v) is 7.07. The van der Waals surface area contributed by atoms with Gasteiger partial charge in [0.15, 0.2) is 0 Å². The van der Waals surface area contributed by atoms with Crippen molar-refractivity contribution in [1.29, 1.82) is 0 Å². The lowest BCUT2D eigenvalue weighted by Crippen LogP contribution is -2.37. The smallest absolute Gasteiger partial charge is 0.376 e. The number of hydrogen-bond donors (Lipinski definition) is 3. The third kappa shape index (κ3) is 7.03. The lowest BCUT2D eigenvalue weighted by molar-refractivity contribution is -0.137. The summed E-state index contributed by atoms with van der Waals surface area (Å²) >= 11 is 0. The minimum atomic E-state index is -4.44. The van der Waals surface area contributed by atoms with E-state index in [0.29, 0.717) is 11.4 Å². The molecule has 0 aliphatic heterocycles. The minimum Gasteiger partial charge on any atom is -0.376 e. The summed E-state index contributed by atoms with van der Waals surface area (Å²) in [7, 11) is 0. The Hall–Kier alpha value is -2.25. The lowest BCUT2D eigenvalue weighted by Gasteiger charge is -2.14. The van der Waals surface area contributed by atoms with Gasteiger partial charge in [-0.2, -0.15) is 13.2 Å². The first-order chi connectivity index (χ1) is 10.6. The van der Waals surface area contributed by atoms with Crippen LogP contribution in [0.2, 0.25) is 0 Å². The molecule has 8 heteroatoms. The van der Waals surface area contributed by atoms with Gasteiger partial charge in [0.1, 0.15) is 6.54 Å². The van der Waals surface area contributed by atoms with Crippen molar-refractivity contribution in [2.24, 2.45) is 5.92 Å². The molecule has 0 saturated heterocycles. The van der Waals surface area contributed by atoms with Crippen LogP contribution in [0.25, 0.3) is 0 Å². The zero-order chi connectivity index (χ0) is 17.6. The molecule has 0 spiro atoms. The molecule has 128 valence electrons. The molecule has 3 N–H and O–H groups in total. The summed E-state index contributed by atoms with van der Waals surface area (Å²) in [6.45, 7) is 3.64. The highest BCUT2D eigenvalue weighted by Gasteiger charge is 2.27. The summed E-state index contributed by atoms with van der Waals surface area (Å²) < 4.78 is 36.0. The Morgan fingerprint density at radius 3 is 2.43 bits per heavy atom. The minimum absolute atomic E-state index is 0.150. The van der Waals surface area contributed by atoms with E-state index in [4.69, 9.17) is 0 Å². The second-order valence-electron chi connectivity index (χ2n) is 5.42. The van der Waals surface area contributed by atoms with Crippen LogP contribution in [-0.2, 0) is 9.59 Å². The normalized spacial score (nSPS) is 11.3. The fourth-order valence-corrected chi connectivity index (χ4v) is 1.61. The van der Waals surface area contributed by atoms with E-state index in [2.05, 4.69) is 10.6 Å². The lowest BCUT2D eigenvalue weighted by atomic mass is 10.1. The zero-order valence-corrected chi connectivity index (χ0v) is 13.2. The number of nitrogens with one attached hydrogen (secondary N) is 3. The molecule has 0 fully saturated rings. The van der Waals surface area contributed by atoms with Crippen molar-refractivity contribution in [2.75, 3.05) is 23.7 Å². The number of hydrogen-bond acceptors (Lipinski definition) is 3. The standard InChI is InChI=1S/C15H20F3N3O2/c1-9(2)14(23)21-11-5-4-10(3)12(6-11)19-7-13(22)20-8-15(16,17)18/h4-6,9,19H,7-8H2,1-3H3,(H,20,22)(H,21,23). The summed E-state index contributed by atoms with van der Waals surface area (Å²) in [5, 5.41) is 7.25. The van der Waals surface area contributed by atoms with Gasteiger partial charge in [-0.3, -0.25) is 9.59 Å². The van der Waals surface area contributed by atoms with Gasteiger partial charge in [-0.25, -0.2) is 0 Å². The van der Waals surface area contributed by atoms with Gasteiger partial charge in [-0.1, -0.05) is 19.9 Å². The van der Waals surface area contributed by atoms with Crippen LogP contribution in [0.3, 0.4) is 0 Å². The topological polar surface area (TPSA) is 70.2 Å². The molecule has 0 unspecified atom stereocenters. The van der Waals surface area contributed by atoms with Crippen molar-refractivity contribution in [3.8, 4) is 0 Å². The molecule has 1 aromatic carbocycles. The molecule has 0 atom stereocenters. The van der Waals surface area contributed by atoms with Gasteiger partial charge in [0.05, 0.1) is 6.54 Å². The van der Waals surface area contributed by atoms with Gasteiger partial charge in [0, 0.05) is 17.3 Å². The van der Waals surface area contributed by atoms with E-state index in [1.54, 1.807) is 44.3 Å². The monoisotopic (exact) mass is 331 g/mol. The molecule has 0 saturated carbocycles. The Labute approximate surface area is 132 Å². The number of amides is 2. The van der Waals surface area contributed by atoms with Gasteiger partial charge in [-0.05, 0) is 24.6 Å². The molecule has 1 rings (SSSR count). The maximum Gasteiger partial charge on any atom is 0.405 e. The Bertz CT molecular complexity index is 572. The second kappa shape index (κ2) is 7.85. The maximum atomic E-state index is 12.0. The molecule has 0 bridgehead atoms. The number of rotatable bonds is 6. The largest absolute Gasteiger partial charge is 0.405 e. The molecule has 0 radical (unpaired) electrons. The van der Waals surface area contributed by atoms with Gasteiger partial charge >= 0.3 is 6.18 Å². The summed E-state index contributed by atoms with van der Waals surface area (Å²) in [5.41, 5.74) is 1.91. The van der Waals surface area contributed by atoms with E-state index >= 15 is 0 Å². The van der Waals surface area contributed by atoms with Crippen LogP contribution in [0.4, 0.5) is 24.5 Å². The molecule has 0 heterocycles. The maximum absolute atomic E-state index is 12.0. The molecule has 0 aromatic heterocycles. The number of anilines is 2. The van der Waals surface area contributed by atoms with Crippen molar-refractivity contribution in [3.05, 3.63) is 23.8 Å². The van der Waals surface area contributed by atoms with Gasteiger partial charge in [0.25, 0.3) is 0 Å². The van der Waals surface area contributed by atoms with E-state index in [9.17, 15) is 22.8 Å². The van der Waals surface area contributed by atoms with Crippen LogP contribution in [0.5, 0.6) is 0 Å². The highest BCUT2D eigenvalue weighted by molar-refractivity contribution is 5.92. The zero-order valence-electron chi connectivity index (χ0n) is 13.2. The summed E-state index contributed by atoms with van der Waals surface area (Å²) in [6, 6.07) is 5.09. The van der Waals surface area contributed by atoms with Crippen molar-refractivity contribution in [1.82, 2.24) is 5.32 Å². The van der Waals surface area contributed by atoms with Gasteiger partial charge in [0.2, 0.25) is 11.8 Å². The molecule has 1 aromatic rings. The van der Waals surface area contributed by atoms with Crippen LogP contribution in [0.1, 0.15) is 19.4 Å². The fraction of sp³-hybridized carbons (Fsp3) is 0.467. The SMILES string of the molecule is Cc1ccc(NC(=O)C(C)C)cc1NCC(=O)NCC(F)(F)F. The summed E-state index contributed by atoms with van der Waals surface area (Å²) in [5.74, 6) is -1.10. The van der Waals surface area contributed by atoms with Crippen LogP contribution in [0.15, 0.2) is 18.2 Å². The molecule has 0 aliphatic carbocycles. The molecule has 2 amide bonds. The highest BCUT2D eigenvalue weighted by atomic mass is 19.4. The summed E-state index contributed by atoms with van der Waals surface area (Å²) in [4.78, 5) is 23.0. The van der Waals surface area contributed by atoms with E-state index < -0.39 is 18.6 Å². The Morgan fingerprint density at radius 1 is 1.22 bits per heavy atom. The summed E-state index contributed by atoms with van der Waals surface area (Å²) in [6.07, 6.45) is -4.44. The third-order valence-corrected chi connectivity index (χ3v) is 2.95. The molecule has 23 heavy (non-hydrogen) atoms. The predicted molar refractivity (Wildman–Crippen MR) is 82.2 cm³/mol. The molecular formula is C15H20F3N3O2. The Balaban J connectivity index is 2.62. The first kappa shape index (κ1) is 18.8. The van der Waals surface area contributed by atoms with Crippen LogP contribution in [0, 0.1) is 12.8 Å². The fourth-order valence-electron chi connectivity index (χ4n) is 1.61. The van der Waals surface area contributed by atoms with Crippen LogP contribution >= 0.6 is 0 Å². The van der Waals surface area contributed by atoms with Gasteiger partial charge in [-0.15, -0.1) is 0 Å².